The van der Waals surface area contributed by atoms with Crippen LogP contribution in [0.3, 0.4) is 0 Å². The van der Waals surface area contributed by atoms with Crippen LogP contribution in [-0.2, 0) is 16.0 Å². The van der Waals surface area contributed by atoms with Crippen LogP contribution in [0.4, 0.5) is 4.39 Å². The lowest BCUT2D eigenvalue weighted by atomic mass is 9.99. The maximum Gasteiger partial charge on any atom is 0.313 e. The maximum absolute atomic E-state index is 15.1. The minimum absolute atomic E-state index is 0.0111. The van der Waals surface area contributed by atoms with Crippen LogP contribution < -0.4 is 34.9 Å². The lowest BCUT2D eigenvalue weighted by Gasteiger charge is -2.23. The third-order valence-corrected chi connectivity index (χ3v) is 7.77. The van der Waals surface area contributed by atoms with Crippen LogP contribution >= 0.6 is 0 Å². The Labute approximate surface area is 260 Å². The van der Waals surface area contributed by atoms with Gasteiger partial charge in [0, 0.05) is 36.3 Å². The molecule has 1 aliphatic carbocycles. The summed E-state index contributed by atoms with van der Waals surface area (Å²) in [6, 6.07) is 10.1. The molecule has 2 heterocycles. The number of fused-ring (bicyclic) bond motifs is 1. The lowest BCUT2D eigenvalue weighted by molar-refractivity contribution is -0.138. The molecule has 0 unspecified atom stereocenters. The van der Waals surface area contributed by atoms with E-state index in [9.17, 15) is 14.7 Å². The highest BCUT2D eigenvalue weighted by atomic mass is 19.1. The van der Waals surface area contributed by atoms with E-state index in [4.69, 9.17) is 18.9 Å². The van der Waals surface area contributed by atoms with Crippen molar-refractivity contribution in [3.05, 3.63) is 71.5 Å². The first-order valence-electron chi connectivity index (χ1n) is 14.9. The molecular formula is C33H37FN4O7. The number of rotatable bonds is 11. The van der Waals surface area contributed by atoms with Gasteiger partial charge in [-0.05, 0) is 80.6 Å². The quantitative estimate of drug-likeness (QED) is 0.234. The molecule has 0 bridgehead atoms. The fraction of sp³-hybridized carbons (Fsp3) is 0.364. The molecule has 4 N–H and O–H groups in total. The number of benzene rings is 2. The number of phenolic OH excluding ortho intramolecular Hbond substituents is 1. The highest BCUT2D eigenvalue weighted by Crippen LogP contribution is 2.38. The molecule has 1 aliphatic heterocycles. The standard InChI is InChI=1S/C33H37FN4O7/c1-42-29-15-20(3-5-26(29)39)9-13-37-32(40)33(41)38-22-4-6-28(24(34)16-22)45-27-10-14-36-25-18-31(30(43-2)17-23(25)27)44-19-21-7-11-35-12-8-21/h3,5,10,14-18,21,35,39H,4,6-9,11-13,19H2,1-2H3,(H,37,40)(H,38,41). The zero-order valence-corrected chi connectivity index (χ0v) is 25.3. The van der Waals surface area contributed by atoms with E-state index in [-0.39, 0.29) is 36.6 Å². The molecule has 0 saturated carbocycles. The summed E-state index contributed by atoms with van der Waals surface area (Å²) in [5.74, 6) is 0.0137. The van der Waals surface area contributed by atoms with Gasteiger partial charge in [0.05, 0.1) is 26.3 Å². The number of pyridine rings is 1. The van der Waals surface area contributed by atoms with E-state index >= 15 is 4.39 Å². The van der Waals surface area contributed by atoms with Crippen LogP contribution in [0.2, 0.25) is 0 Å². The van der Waals surface area contributed by atoms with Crippen LogP contribution in [-0.4, -0.2) is 62.4 Å². The van der Waals surface area contributed by atoms with Gasteiger partial charge in [0.2, 0.25) is 0 Å². The van der Waals surface area contributed by atoms with Crippen LogP contribution in [0.5, 0.6) is 28.7 Å². The Hall–Kier alpha value is -4.84. The predicted octanol–water partition coefficient (Wildman–Crippen LogP) is 4.05. The molecule has 1 saturated heterocycles. The second kappa shape index (κ2) is 14.8. The summed E-state index contributed by atoms with van der Waals surface area (Å²) in [5.41, 5.74) is 1.69. The Bertz CT molecular complexity index is 1620. The topological polar surface area (TPSA) is 140 Å². The number of piperidine rings is 1. The van der Waals surface area contributed by atoms with E-state index in [1.54, 1.807) is 43.6 Å². The van der Waals surface area contributed by atoms with E-state index in [1.165, 1.54) is 13.2 Å². The second-order valence-electron chi connectivity index (χ2n) is 10.8. The van der Waals surface area contributed by atoms with E-state index in [1.807, 2.05) is 0 Å². The molecule has 2 aliphatic rings. The fourth-order valence-corrected chi connectivity index (χ4v) is 5.23. The van der Waals surface area contributed by atoms with Crippen molar-refractivity contribution >= 4 is 22.7 Å². The minimum atomic E-state index is -0.896. The number of phenols is 1. The van der Waals surface area contributed by atoms with Crippen LogP contribution in [0, 0.1) is 5.92 Å². The van der Waals surface area contributed by atoms with E-state index in [0.29, 0.717) is 52.8 Å². The number of amides is 2. The van der Waals surface area contributed by atoms with Crippen molar-refractivity contribution in [2.24, 2.45) is 5.92 Å². The van der Waals surface area contributed by atoms with Gasteiger partial charge in [-0.2, -0.15) is 0 Å². The van der Waals surface area contributed by atoms with Crippen molar-refractivity contribution in [2.75, 3.05) is 40.5 Å². The Balaban J connectivity index is 1.19. The average molecular weight is 621 g/mol. The van der Waals surface area contributed by atoms with Crippen molar-refractivity contribution in [1.29, 1.82) is 0 Å². The Morgan fingerprint density at radius 2 is 1.80 bits per heavy atom. The first kappa shape index (κ1) is 31.6. The zero-order valence-electron chi connectivity index (χ0n) is 25.3. The summed E-state index contributed by atoms with van der Waals surface area (Å²) in [7, 11) is 3.01. The van der Waals surface area contributed by atoms with Gasteiger partial charge in [0.15, 0.2) is 28.8 Å². The minimum Gasteiger partial charge on any atom is -0.504 e. The number of methoxy groups -OCH3 is 2. The summed E-state index contributed by atoms with van der Waals surface area (Å²) in [5, 5.41) is 18.7. The molecule has 238 valence electrons. The molecule has 2 amide bonds. The molecular weight excluding hydrogens is 583 g/mol. The molecule has 0 radical (unpaired) electrons. The van der Waals surface area contributed by atoms with Crippen LogP contribution in [0.25, 0.3) is 10.9 Å². The Morgan fingerprint density at radius 3 is 2.56 bits per heavy atom. The van der Waals surface area contributed by atoms with Crippen molar-refractivity contribution in [1.82, 2.24) is 20.9 Å². The number of nitrogens with zero attached hydrogens (tertiary/aromatic N) is 1. The molecule has 0 atom stereocenters. The zero-order chi connectivity index (χ0) is 31.8. The normalized spacial score (nSPS) is 15.3. The highest BCUT2D eigenvalue weighted by molar-refractivity contribution is 6.35. The summed E-state index contributed by atoms with van der Waals surface area (Å²) in [6.45, 7) is 2.73. The van der Waals surface area contributed by atoms with E-state index in [2.05, 4.69) is 20.9 Å². The number of carbonyl (C=O) groups is 2. The number of nitrogens with one attached hydrogen (secondary N) is 3. The number of aromatic nitrogens is 1. The van der Waals surface area contributed by atoms with Gasteiger partial charge >= 0.3 is 11.8 Å². The van der Waals surface area contributed by atoms with Crippen LogP contribution in [0.1, 0.15) is 31.2 Å². The fourth-order valence-electron chi connectivity index (χ4n) is 5.23. The van der Waals surface area contributed by atoms with Gasteiger partial charge < -0.3 is 40.0 Å². The Kier molecular flexibility index (Phi) is 10.4. The highest BCUT2D eigenvalue weighted by Gasteiger charge is 2.22. The monoisotopic (exact) mass is 620 g/mol. The number of ether oxygens (including phenoxy) is 4. The summed E-state index contributed by atoms with van der Waals surface area (Å²) >= 11 is 0. The van der Waals surface area contributed by atoms with Gasteiger partial charge in [-0.1, -0.05) is 6.07 Å². The van der Waals surface area contributed by atoms with Crippen molar-refractivity contribution in [2.45, 2.75) is 32.1 Å². The number of hydrogen-bond acceptors (Lipinski definition) is 9. The lowest BCUT2D eigenvalue weighted by Crippen LogP contribution is -2.40. The second-order valence-corrected chi connectivity index (χ2v) is 10.8. The SMILES string of the molecule is COc1cc(CCNC(=O)C(=O)NC2=CC(F)=C(Oc3ccnc4cc(OCC5CCNCC5)c(OC)cc34)CC2)ccc1O. The van der Waals surface area contributed by atoms with E-state index < -0.39 is 17.6 Å². The van der Waals surface area contributed by atoms with Gasteiger partial charge in [-0.15, -0.1) is 0 Å². The van der Waals surface area contributed by atoms with Crippen molar-refractivity contribution in [3.63, 3.8) is 0 Å². The molecule has 5 rings (SSSR count). The third-order valence-electron chi connectivity index (χ3n) is 7.77. The van der Waals surface area contributed by atoms with Gasteiger partial charge in [-0.25, -0.2) is 4.39 Å². The molecule has 2 aromatic carbocycles. The molecule has 1 aromatic heterocycles. The first-order valence-corrected chi connectivity index (χ1v) is 14.9. The van der Waals surface area contributed by atoms with Crippen LogP contribution in [0.15, 0.2) is 66.0 Å². The average Bonchev–Trinajstić information content (AvgIpc) is 3.05. The molecule has 1 fully saturated rings. The van der Waals surface area contributed by atoms with E-state index in [0.717, 1.165) is 37.6 Å². The number of carbonyl (C=O) groups excluding carboxylic acids is 2. The van der Waals surface area contributed by atoms with Crippen molar-refractivity contribution < 1.29 is 38.0 Å². The van der Waals surface area contributed by atoms with Crippen molar-refractivity contribution in [3.8, 4) is 28.7 Å². The van der Waals surface area contributed by atoms with Gasteiger partial charge in [-0.3, -0.25) is 14.6 Å². The molecule has 3 aromatic rings. The Morgan fingerprint density at radius 1 is 1.00 bits per heavy atom. The third kappa shape index (κ3) is 8.01. The summed E-state index contributed by atoms with van der Waals surface area (Å²) < 4.78 is 37.9. The molecule has 0 spiro atoms. The number of aromatic hydroxyl groups is 1. The number of hydrogen-bond donors (Lipinski definition) is 4. The first-order chi connectivity index (χ1) is 21.8. The molecule has 12 heteroatoms. The largest absolute Gasteiger partial charge is 0.504 e. The molecule has 11 nitrogen and oxygen atoms in total. The summed E-state index contributed by atoms with van der Waals surface area (Å²) in [6.07, 6.45) is 5.69. The molecule has 45 heavy (non-hydrogen) atoms. The number of halogens is 1. The maximum atomic E-state index is 15.1. The summed E-state index contributed by atoms with van der Waals surface area (Å²) in [4.78, 5) is 29.2. The predicted molar refractivity (Wildman–Crippen MR) is 165 cm³/mol. The van der Waals surface area contributed by atoms with Gasteiger partial charge in [0.25, 0.3) is 0 Å². The number of allylic oxidation sites excluding steroid dienone is 4. The van der Waals surface area contributed by atoms with Gasteiger partial charge in [0.1, 0.15) is 11.5 Å². The smallest absolute Gasteiger partial charge is 0.313 e.